The summed E-state index contributed by atoms with van der Waals surface area (Å²) in [5, 5.41) is 17.9. The molecule has 3 rings (SSSR count). The SMILES string of the molecule is CCNC1CCCCCC1Sc1nnnn1C1CCCC1. The van der Waals surface area contributed by atoms with Crippen LogP contribution in [0.4, 0.5) is 0 Å². The van der Waals surface area contributed by atoms with Crippen LogP contribution in [0.2, 0.25) is 0 Å². The minimum absolute atomic E-state index is 0.533. The first-order valence-corrected chi connectivity index (χ1v) is 9.44. The van der Waals surface area contributed by atoms with E-state index in [0.717, 1.165) is 11.7 Å². The van der Waals surface area contributed by atoms with Crippen molar-refractivity contribution in [2.45, 2.75) is 87.2 Å². The summed E-state index contributed by atoms with van der Waals surface area (Å²) in [4.78, 5) is 0. The summed E-state index contributed by atoms with van der Waals surface area (Å²) in [6, 6.07) is 1.14. The Bertz CT molecular complexity index is 429. The molecule has 2 fully saturated rings. The quantitative estimate of drug-likeness (QED) is 0.847. The van der Waals surface area contributed by atoms with Gasteiger partial charge in [0, 0.05) is 11.3 Å². The van der Waals surface area contributed by atoms with E-state index in [-0.39, 0.29) is 0 Å². The second-order valence-corrected chi connectivity index (χ2v) is 7.51. The van der Waals surface area contributed by atoms with Crippen LogP contribution in [-0.2, 0) is 0 Å². The molecule has 2 aliphatic carbocycles. The zero-order valence-electron chi connectivity index (χ0n) is 13.0. The third-order valence-electron chi connectivity index (χ3n) is 4.81. The van der Waals surface area contributed by atoms with Gasteiger partial charge in [-0.15, -0.1) is 5.10 Å². The van der Waals surface area contributed by atoms with E-state index in [9.17, 15) is 0 Å². The molecular formula is C15H27N5S. The maximum Gasteiger partial charge on any atom is 0.209 e. The molecule has 0 aromatic carbocycles. The molecule has 0 bridgehead atoms. The fraction of sp³-hybridized carbons (Fsp3) is 0.933. The van der Waals surface area contributed by atoms with E-state index >= 15 is 0 Å². The molecule has 2 unspecified atom stereocenters. The molecule has 1 aromatic heterocycles. The first-order valence-electron chi connectivity index (χ1n) is 8.56. The Morgan fingerprint density at radius 1 is 1.10 bits per heavy atom. The monoisotopic (exact) mass is 309 g/mol. The Labute approximate surface area is 131 Å². The van der Waals surface area contributed by atoms with Crippen molar-refractivity contribution in [3.63, 3.8) is 0 Å². The van der Waals surface area contributed by atoms with Gasteiger partial charge in [-0.2, -0.15) is 0 Å². The summed E-state index contributed by atoms with van der Waals surface area (Å²) >= 11 is 1.91. The van der Waals surface area contributed by atoms with Gasteiger partial charge in [0.05, 0.1) is 6.04 Å². The van der Waals surface area contributed by atoms with Gasteiger partial charge in [-0.25, -0.2) is 4.68 Å². The van der Waals surface area contributed by atoms with Gasteiger partial charge in [0.15, 0.2) is 0 Å². The largest absolute Gasteiger partial charge is 0.313 e. The lowest BCUT2D eigenvalue weighted by atomic mass is 10.1. The first-order chi connectivity index (χ1) is 10.4. The Kier molecular flexibility index (Phi) is 5.52. The molecule has 21 heavy (non-hydrogen) atoms. The molecule has 118 valence electrons. The Hall–Kier alpha value is -0.620. The predicted molar refractivity (Wildman–Crippen MR) is 85.5 cm³/mol. The van der Waals surface area contributed by atoms with E-state index in [1.54, 1.807) is 0 Å². The van der Waals surface area contributed by atoms with E-state index in [1.165, 1.54) is 57.8 Å². The van der Waals surface area contributed by atoms with Gasteiger partial charge in [-0.05, 0) is 42.7 Å². The van der Waals surface area contributed by atoms with Crippen molar-refractivity contribution in [2.75, 3.05) is 6.54 Å². The average molecular weight is 309 g/mol. The number of nitrogens with zero attached hydrogens (tertiary/aromatic N) is 4. The van der Waals surface area contributed by atoms with Crippen molar-refractivity contribution >= 4 is 11.8 Å². The standard InChI is InChI=1S/C15H27N5S/c1-2-16-13-10-4-3-5-11-14(13)21-15-17-18-19-20(15)12-8-6-7-9-12/h12-14,16H,2-11H2,1H3. The molecule has 5 nitrogen and oxygen atoms in total. The zero-order chi connectivity index (χ0) is 14.5. The number of hydrogen-bond donors (Lipinski definition) is 1. The van der Waals surface area contributed by atoms with E-state index in [0.29, 0.717) is 17.3 Å². The molecule has 0 saturated heterocycles. The molecule has 1 aromatic rings. The van der Waals surface area contributed by atoms with Gasteiger partial charge in [-0.1, -0.05) is 50.8 Å². The molecular weight excluding hydrogens is 282 g/mol. The van der Waals surface area contributed by atoms with Crippen molar-refractivity contribution in [3.8, 4) is 0 Å². The summed E-state index contributed by atoms with van der Waals surface area (Å²) in [5.41, 5.74) is 0. The maximum atomic E-state index is 4.32. The van der Waals surface area contributed by atoms with Crippen molar-refractivity contribution in [1.29, 1.82) is 0 Å². The van der Waals surface area contributed by atoms with Crippen LogP contribution in [0, 0.1) is 0 Å². The fourth-order valence-electron chi connectivity index (χ4n) is 3.69. The number of rotatable bonds is 5. The average Bonchev–Trinajstić information content (AvgIpc) is 3.11. The third-order valence-corrected chi connectivity index (χ3v) is 6.16. The molecule has 2 aliphatic rings. The van der Waals surface area contributed by atoms with Crippen molar-refractivity contribution < 1.29 is 0 Å². The van der Waals surface area contributed by atoms with Crippen molar-refractivity contribution in [2.24, 2.45) is 0 Å². The van der Waals surface area contributed by atoms with E-state index < -0.39 is 0 Å². The molecule has 0 aliphatic heterocycles. The highest BCUT2D eigenvalue weighted by Crippen LogP contribution is 2.36. The maximum absolute atomic E-state index is 4.32. The van der Waals surface area contributed by atoms with E-state index in [1.807, 2.05) is 11.8 Å². The first kappa shape index (κ1) is 15.3. The number of nitrogens with one attached hydrogen (secondary N) is 1. The smallest absolute Gasteiger partial charge is 0.209 e. The van der Waals surface area contributed by atoms with Crippen LogP contribution in [0.5, 0.6) is 0 Å². The Morgan fingerprint density at radius 3 is 2.67 bits per heavy atom. The van der Waals surface area contributed by atoms with Gasteiger partial charge in [0.25, 0.3) is 0 Å². The number of hydrogen-bond acceptors (Lipinski definition) is 5. The number of aromatic nitrogens is 4. The van der Waals surface area contributed by atoms with Crippen LogP contribution < -0.4 is 5.32 Å². The van der Waals surface area contributed by atoms with Gasteiger partial charge in [0.1, 0.15) is 0 Å². The number of thioether (sulfide) groups is 1. The normalized spacial score (nSPS) is 27.9. The number of tetrazole rings is 1. The fourth-order valence-corrected chi connectivity index (χ4v) is 5.02. The van der Waals surface area contributed by atoms with Crippen molar-refractivity contribution in [3.05, 3.63) is 0 Å². The Morgan fingerprint density at radius 2 is 1.86 bits per heavy atom. The summed E-state index contributed by atoms with van der Waals surface area (Å²) in [6.07, 6.45) is 11.7. The molecule has 2 saturated carbocycles. The molecule has 2 atom stereocenters. The predicted octanol–water partition coefficient (Wildman–Crippen LogP) is 3.19. The van der Waals surface area contributed by atoms with Crippen molar-refractivity contribution in [1.82, 2.24) is 25.5 Å². The van der Waals surface area contributed by atoms with E-state index in [2.05, 4.69) is 32.4 Å². The van der Waals surface area contributed by atoms with Crippen LogP contribution in [0.15, 0.2) is 5.16 Å². The van der Waals surface area contributed by atoms with Crippen LogP contribution in [-0.4, -0.2) is 38.0 Å². The van der Waals surface area contributed by atoms with Gasteiger partial charge in [0.2, 0.25) is 5.16 Å². The van der Waals surface area contributed by atoms with Crippen LogP contribution in [0.25, 0.3) is 0 Å². The molecule has 6 heteroatoms. The molecule has 0 radical (unpaired) electrons. The Balaban J connectivity index is 1.70. The lowest BCUT2D eigenvalue weighted by Gasteiger charge is -2.25. The van der Waals surface area contributed by atoms with Crippen LogP contribution in [0.1, 0.15) is 70.8 Å². The summed E-state index contributed by atoms with van der Waals surface area (Å²) in [7, 11) is 0. The lowest BCUT2D eigenvalue weighted by molar-refractivity contribution is 0.421. The third kappa shape index (κ3) is 3.77. The minimum Gasteiger partial charge on any atom is -0.313 e. The highest BCUT2D eigenvalue weighted by molar-refractivity contribution is 7.99. The second-order valence-electron chi connectivity index (χ2n) is 6.30. The van der Waals surface area contributed by atoms with Crippen LogP contribution >= 0.6 is 11.8 Å². The summed E-state index contributed by atoms with van der Waals surface area (Å²) in [6.45, 7) is 3.25. The van der Waals surface area contributed by atoms with E-state index in [4.69, 9.17) is 0 Å². The minimum atomic E-state index is 0.533. The summed E-state index contributed by atoms with van der Waals surface area (Å²) in [5.74, 6) is 0. The lowest BCUT2D eigenvalue weighted by Crippen LogP contribution is -2.37. The highest BCUT2D eigenvalue weighted by atomic mass is 32.2. The van der Waals surface area contributed by atoms with Crippen LogP contribution in [0.3, 0.4) is 0 Å². The van der Waals surface area contributed by atoms with Gasteiger partial charge < -0.3 is 5.32 Å². The molecule has 1 N–H and O–H groups in total. The molecule has 0 spiro atoms. The topological polar surface area (TPSA) is 55.6 Å². The van der Waals surface area contributed by atoms with Gasteiger partial charge in [-0.3, -0.25) is 0 Å². The second kappa shape index (κ2) is 7.58. The van der Waals surface area contributed by atoms with Gasteiger partial charge >= 0.3 is 0 Å². The molecule has 0 amide bonds. The summed E-state index contributed by atoms with van der Waals surface area (Å²) < 4.78 is 2.10. The zero-order valence-corrected chi connectivity index (χ0v) is 13.8. The highest BCUT2D eigenvalue weighted by Gasteiger charge is 2.28. The molecule has 1 heterocycles.